The van der Waals surface area contributed by atoms with Gasteiger partial charge >= 0.3 is 0 Å². The fourth-order valence-electron chi connectivity index (χ4n) is 4.07. The summed E-state index contributed by atoms with van der Waals surface area (Å²) in [6, 6.07) is 12.1. The van der Waals surface area contributed by atoms with Gasteiger partial charge in [0.1, 0.15) is 17.5 Å². The Labute approximate surface area is 183 Å². The minimum atomic E-state index is -0.401. The number of benzene rings is 2. The molecule has 0 radical (unpaired) electrons. The average molecular weight is 435 g/mol. The van der Waals surface area contributed by atoms with E-state index in [0.717, 1.165) is 19.6 Å². The number of nitrogens with zero attached hydrogens (tertiary/aromatic N) is 5. The number of nitrogen functional groups attached to an aromatic ring is 1. The maximum absolute atomic E-state index is 14.0. The fraction of sp³-hybridized carbons (Fsp3) is 0.261. The smallest absolute Gasteiger partial charge is 0.225 e. The van der Waals surface area contributed by atoms with Crippen molar-refractivity contribution < 1.29 is 8.78 Å². The van der Waals surface area contributed by atoms with Crippen LogP contribution in [0.3, 0.4) is 0 Å². The van der Waals surface area contributed by atoms with Crippen LogP contribution in [0.15, 0.2) is 48.5 Å². The second-order valence-electron chi connectivity index (χ2n) is 7.86. The van der Waals surface area contributed by atoms with E-state index in [1.165, 1.54) is 41.8 Å². The number of nitrogens with one attached hydrogen (secondary N) is 1. The zero-order valence-electron chi connectivity index (χ0n) is 17.4. The number of fused-ring (bicyclic) bond motifs is 1. The predicted octanol–water partition coefficient (Wildman–Crippen LogP) is 3.85. The minimum Gasteiger partial charge on any atom is -0.383 e. The number of nitrogens with two attached hydrogens (primary N) is 1. The van der Waals surface area contributed by atoms with Crippen LogP contribution in [0.5, 0.6) is 0 Å². The first-order valence-electron chi connectivity index (χ1n) is 10.6. The number of hydrogen-bond donors (Lipinski definition) is 2. The molecule has 0 unspecified atom stereocenters. The Morgan fingerprint density at radius 2 is 1.72 bits per heavy atom. The Morgan fingerprint density at radius 1 is 0.969 bits per heavy atom. The Morgan fingerprint density at radius 3 is 2.47 bits per heavy atom. The van der Waals surface area contributed by atoms with Gasteiger partial charge in [-0.15, -0.1) is 5.10 Å². The van der Waals surface area contributed by atoms with Gasteiger partial charge in [0.2, 0.25) is 5.95 Å². The first-order chi connectivity index (χ1) is 15.6. The van der Waals surface area contributed by atoms with Crippen LogP contribution < -0.4 is 11.1 Å². The van der Waals surface area contributed by atoms with E-state index in [1.54, 1.807) is 24.3 Å². The summed E-state index contributed by atoms with van der Waals surface area (Å²) in [5.74, 6) is -0.135. The molecule has 1 saturated heterocycles. The summed E-state index contributed by atoms with van der Waals surface area (Å²) in [6.45, 7) is 3.76. The third-order valence-corrected chi connectivity index (χ3v) is 5.63. The predicted molar refractivity (Wildman–Crippen MR) is 121 cm³/mol. The Balaban J connectivity index is 1.58. The maximum Gasteiger partial charge on any atom is 0.225 e. The topological polar surface area (TPSA) is 84.9 Å². The van der Waals surface area contributed by atoms with Gasteiger partial charge < -0.3 is 16.0 Å². The molecule has 0 spiro atoms. The van der Waals surface area contributed by atoms with Crippen LogP contribution in [-0.4, -0.2) is 50.8 Å². The molecular weight excluding hydrogens is 412 g/mol. The van der Waals surface area contributed by atoms with Gasteiger partial charge in [-0.1, -0.05) is 18.2 Å². The van der Waals surface area contributed by atoms with Gasteiger partial charge in [-0.3, -0.25) is 0 Å². The molecule has 0 amide bonds. The molecular formula is C23H23F2N7. The molecule has 0 bridgehead atoms. The average Bonchev–Trinajstić information content (AvgIpc) is 3.41. The molecule has 164 valence electrons. The van der Waals surface area contributed by atoms with E-state index >= 15 is 0 Å². The van der Waals surface area contributed by atoms with Crippen molar-refractivity contribution in [1.82, 2.24) is 24.6 Å². The second kappa shape index (κ2) is 8.51. The number of rotatable bonds is 6. The molecule has 7 nitrogen and oxygen atoms in total. The molecule has 1 aliphatic heterocycles. The molecule has 1 aliphatic rings. The molecule has 2 aromatic heterocycles. The molecule has 4 aromatic rings. The lowest BCUT2D eigenvalue weighted by Crippen LogP contribution is -2.26. The second-order valence-corrected chi connectivity index (χ2v) is 7.86. The molecule has 2 aromatic carbocycles. The van der Waals surface area contributed by atoms with Crippen molar-refractivity contribution in [2.75, 3.05) is 37.2 Å². The summed E-state index contributed by atoms with van der Waals surface area (Å²) in [5, 5.41) is 8.26. The quantitative estimate of drug-likeness (QED) is 0.479. The van der Waals surface area contributed by atoms with Gasteiger partial charge in [0, 0.05) is 18.7 Å². The van der Waals surface area contributed by atoms with E-state index in [9.17, 15) is 8.78 Å². The van der Waals surface area contributed by atoms with Crippen LogP contribution in [0.2, 0.25) is 0 Å². The molecule has 3 heterocycles. The largest absolute Gasteiger partial charge is 0.383 e. The van der Waals surface area contributed by atoms with Gasteiger partial charge in [0.25, 0.3) is 0 Å². The molecule has 3 N–H and O–H groups in total. The van der Waals surface area contributed by atoms with Crippen LogP contribution in [0, 0.1) is 11.6 Å². The monoisotopic (exact) mass is 435 g/mol. The van der Waals surface area contributed by atoms with Gasteiger partial charge in [-0.05, 0) is 56.3 Å². The van der Waals surface area contributed by atoms with E-state index in [2.05, 4.69) is 25.3 Å². The highest BCUT2D eigenvalue weighted by Crippen LogP contribution is 2.33. The van der Waals surface area contributed by atoms with E-state index < -0.39 is 5.82 Å². The number of hydrogen-bond acceptors (Lipinski definition) is 6. The molecule has 0 atom stereocenters. The molecule has 9 heteroatoms. The number of likely N-dealkylation sites (tertiary alicyclic amines) is 1. The Hall–Kier alpha value is -3.59. The van der Waals surface area contributed by atoms with Crippen molar-refractivity contribution >= 4 is 22.8 Å². The van der Waals surface area contributed by atoms with Crippen molar-refractivity contribution in [1.29, 1.82) is 0 Å². The lowest BCUT2D eigenvalue weighted by Gasteiger charge is -2.15. The van der Waals surface area contributed by atoms with Crippen molar-refractivity contribution in [3.05, 3.63) is 60.2 Å². The van der Waals surface area contributed by atoms with Crippen LogP contribution in [-0.2, 0) is 0 Å². The minimum absolute atomic E-state index is 0.258. The zero-order valence-corrected chi connectivity index (χ0v) is 17.4. The van der Waals surface area contributed by atoms with Crippen LogP contribution in [0.1, 0.15) is 12.8 Å². The van der Waals surface area contributed by atoms with E-state index in [1.807, 2.05) is 0 Å². The lowest BCUT2D eigenvalue weighted by atomic mass is 10.1. The summed E-state index contributed by atoms with van der Waals surface area (Å²) < 4.78 is 29.2. The van der Waals surface area contributed by atoms with Gasteiger partial charge in [0.15, 0.2) is 5.65 Å². The summed E-state index contributed by atoms with van der Waals surface area (Å²) >= 11 is 0. The summed E-state index contributed by atoms with van der Waals surface area (Å²) in [4.78, 5) is 11.6. The van der Waals surface area contributed by atoms with Crippen molar-refractivity contribution in [2.24, 2.45) is 0 Å². The number of halogens is 2. The third kappa shape index (κ3) is 3.99. The van der Waals surface area contributed by atoms with Crippen LogP contribution >= 0.6 is 0 Å². The maximum atomic E-state index is 14.0. The van der Waals surface area contributed by atoms with Crippen LogP contribution in [0.25, 0.3) is 28.0 Å². The molecule has 5 rings (SSSR count). The van der Waals surface area contributed by atoms with E-state index in [0.29, 0.717) is 40.5 Å². The lowest BCUT2D eigenvalue weighted by molar-refractivity contribution is 0.352. The third-order valence-electron chi connectivity index (χ3n) is 5.63. The van der Waals surface area contributed by atoms with E-state index in [-0.39, 0.29) is 11.6 Å². The zero-order chi connectivity index (χ0) is 22.1. The molecule has 0 saturated carbocycles. The first kappa shape index (κ1) is 20.3. The van der Waals surface area contributed by atoms with Gasteiger partial charge in [0.05, 0.1) is 16.8 Å². The van der Waals surface area contributed by atoms with Crippen LogP contribution in [0.4, 0.5) is 20.5 Å². The summed E-state index contributed by atoms with van der Waals surface area (Å²) in [5.41, 5.74) is 8.26. The Bertz CT molecular complexity index is 1260. The standard InChI is InChI=1S/C23H23F2N7/c24-16-6-3-5-15(13-16)20-19-21(26)32(18-8-4-7-17(25)14-18)30-22(19)29-23(28-20)27-9-12-31-10-1-2-11-31/h3-8,13-14H,1-2,9-12,26H2,(H,27,29,30). The molecule has 1 fully saturated rings. The molecule has 0 aliphatic carbocycles. The van der Waals surface area contributed by atoms with Crippen molar-refractivity contribution in [3.8, 4) is 16.9 Å². The van der Waals surface area contributed by atoms with Crippen molar-refractivity contribution in [2.45, 2.75) is 12.8 Å². The molecule has 32 heavy (non-hydrogen) atoms. The van der Waals surface area contributed by atoms with Crippen molar-refractivity contribution in [3.63, 3.8) is 0 Å². The number of anilines is 2. The highest BCUT2D eigenvalue weighted by atomic mass is 19.1. The normalized spacial score (nSPS) is 14.3. The van der Waals surface area contributed by atoms with Gasteiger partial charge in [-0.25, -0.2) is 18.4 Å². The first-order valence-corrected chi connectivity index (χ1v) is 10.6. The highest BCUT2D eigenvalue weighted by molar-refractivity contribution is 5.99. The Kier molecular flexibility index (Phi) is 5.40. The summed E-state index contributed by atoms with van der Waals surface area (Å²) in [6.07, 6.45) is 2.45. The fourth-order valence-corrected chi connectivity index (χ4v) is 4.07. The van der Waals surface area contributed by atoms with Gasteiger partial charge in [-0.2, -0.15) is 4.98 Å². The number of aromatic nitrogens is 4. The highest BCUT2D eigenvalue weighted by Gasteiger charge is 2.20. The SMILES string of the molecule is Nc1c2c(-c3cccc(F)c3)nc(NCCN3CCCC3)nc2nn1-c1cccc(F)c1. The van der Waals surface area contributed by atoms with E-state index in [4.69, 9.17) is 5.73 Å². The summed E-state index contributed by atoms with van der Waals surface area (Å²) in [7, 11) is 0.